The third kappa shape index (κ3) is 4.26. The fraction of sp³-hybridized carbons (Fsp3) is 0.167. The second-order valence-electron chi connectivity index (χ2n) is 4.79. The van der Waals surface area contributed by atoms with Crippen molar-refractivity contribution in [3.05, 3.63) is 71.8 Å². The lowest BCUT2D eigenvalue weighted by Crippen LogP contribution is -2.40. The molecule has 5 nitrogen and oxygen atoms in total. The monoisotopic (exact) mass is 311 g/mol. The Kier molecular flexibility index (Phi) is 5.63. The molecule has 0 aliphatic rings. The fourth-order valence-corrected chi connectivity index (χ4v) is 2.22. The van der Waals surface area contributed by atoms with Crippen molar-refractivity contribution >= 4 is 17.8 Å². The number of rotatable bonds is 4. The SMILES string of the molecule is CCOC(=O)C(=O)NC(=O)C(c1ccccc1)c1ccccc1. The normalized spacial score (nSPS) is 10.2. The van der Waals surface area contributed by atoms with Crippen LogP contribution >= 0.6 is 0 Å². The van der Waals surface area contributed by atoms with E-state index in [1.54, 1.807) is 31.2 Å². The van der Waals surface area contributed by atoms with Crippen LogP contribution in [-0.4, -0.2) is 24.4 Å². The van der Waals surface area contributed by atoms with Gasteiger partial charge in [-0.2, -0.15) is 0 Å². The number of carbonyl (C=O) groups excluding carboxylic acids is 3. The van der Waals surface area contributed by atoms with Gasteiger partial charge in [0.2, 0.25) is 5.91 Å². The average molecular weight is 311 g/mol. The van der Waals surface area contributed by atoms with Gasteiger partial charge in [-0.1, -0.05) is 60.7 Å². The van der Waals surface area contributed by atoms with Gasteiger partial charge in [-0.05, 0) is 18.1 Å². The van der Waals surface area contributed by atoms with Gasteiger partial charge < -0.3 is 4.74 Å². The summed E-state index contributed by atoms with van der Waals surface area (Å²) in [5.41, 5.74) is 1.46. The van der Waals surface area contributed by atoms with E-state index in [1.165, 1.54) is 0 Å². The zero-order chi connectivity index (χ0) is 16.7. The first-order valence-electron chi connectivity index (χ1n) is 7.25. The summed E-state index contributed by atoms with van der Waals surface area (Å²) in [7, 11) is 0. The van der Waals surface area contributed by atoms with E-state index >= 15 is 0 Å². The molecular formula is C18H17NO4. The van der Waals surface area contributed by atoms with Crippen LogP contribution in [-0.2, 0) is 19.1 Å². The molecule has 0 aliphatic carbocycles. The van der Waals surface area contributed by atoms with Crippen molar-refractivity contribution in [3.63, 3.8) is 0 Å². The molecule has 0 saturated heterocycles. The van der Waals surface area contributed by atoms with Gasteiger partial charge in [-0.25, -0.2) is 4.79 Å². The van der Waals surface area contributed by atoms with E-state index in [0.717, 1.165) is 11.1 Å². The Labute approximate surface area is 134 Å². The van der Waals surface area contributed by atoms with E-state index in [9.17, 15) is 14.4 Å². The summed E-state index contributed by atoms with van der Waals surface area (Å²) >= 11 is 0. The highest BCUT2D eigenvalue weighted by molar-refractivity contribution is 6.35. The van der Waals surface area contributed by atoms with Crippen LogP contribution in [0.1, 0.15) is 24.0 Å². The number of ether oxygens (including phenoxy) is 1. The van der Waals surface area contributed by atoms with Gasteiger partial charge in [-0.15, -0.1) is 0 Å². The summed E-state index contributed by atoms with van der Waals surface area (Å²) in [6, 6.07) is 18.1. The Morgan fingerprint density at radius 1 is 0.913 bits per heavy atom. The first-order valence-corrected chi connectivity index (χ1v) is 7.25. The maximum absolute atomic E-state index is 12.5. The maximum atomic E-state index is 12.5. The van der Waals surface area contributed by atoms with Crippen molar-refractivity contribution in [3.8, 4) is 0 Å². The number of hydrogen-bond acceptors (Lipinski definition) is 4. The molecule has 2 amide bonds. The molecule has 5 heteroatoms. The third-order valence-electron chi connectivity index (χ3n) is 3.23. The number of amides is 2. The maximum Gasteiger partial charge on any atom is 0.397 e. The third-order valence-corrected chi connectivity index (χ3v) is 3.23. The van der Waals surface area contributed by atoms with Crippen molar-refractivity contribution in [2.75, 3.05) is 6.61 Å². The van der Waals surface area contributed by atoms with E-state index < -0.39 is 23.7 Å². The van der Waals surface area contributed by atoms with E-state index in [0.29, 0.717) is 0 Å². The van der Waals surface area contributed by atoms with Gasteiger partial charge in [0.15, 0.2) is 0 Å². The Morgan fingerprint density at radius 2 is 1.39 bits per heavy atom. The van der Waals surface area contributed by atoms with Crippen molar-refractivity contribution in [2.24, 2.45) is 0 Å². The molecule has 23 heavy (non-hydrogen) atoms. The molecule has 0 fully saturated rings. The number of nitrogens with one attached hydrogen (secondary N) is 1. The predicted octanol–water partition coefficient (Wildman–Crippen LogP) is 2.02. The molecular weight excluding hydrogens is 294 g/mol. The highest BCUT2D eigenvalue weighted by atomic mass is 16.5. The second kappa shape index (κ2) is 7.89. The smallest absolute Gasteiger partial charge is 0.397 e. The minimum Gasteiger partial charge on any atom is -0.459 e. The average Bonchev–Trinajstić information content (AvgIpc) is 2.57. The Balaban J connectivity index is 2.26. The molecule has 0 aromatic heterocycles. The van der Waals surface area contributed by atoms with Crippen molar-refractivity contribution in [1.82, 2.24) is 5.32 Å². The number of carbonyl (C=O) groups is 3. The van der Waals surface area contributed by atoms with E-state index in [1.807, 2.05) is 36.4 Å². The summed E-state index contributed by atoms with van der Waals surface area (Å²) in [5, 5.41) is 2.11. The van der Waals surface area contributed by atoms with Crippen LogP contribution in [0.3, 0.4) is 0 Å². The van der Waals surface area contributed by atoms with Gasteiger partial charge >= 0.3 is 11.9 Å². The number of benzene rings is 2. The van der Waals surface area contributed by atoms with Crippen molar-refractivity contribution in [2.45, 2.75) is 12.8 Å². The molecule has 0 heterocycles. The van der Waals surface area contributed by atoms with Crippen LogP contribution in [0, 0.1) is 0 Å². The van der Waals surface area contributed by atoms with E-state index in [2.05, 4.69) is 10.1 Å². The van der Waals surface area contributed by atoms with Crippen molar-refractivity contribution < 1.29 is 19.1 Å². The molecule has 0 bridgehead atoms. The molecule has 2 aromatic rings. The number of imide groups is 1. The zero-order valence-electron chi connectivity index (χ0n) is 12.7. The summed E-state index contributed by atoms with van der Waals surface area (Å²) in [6.07, 6.45) is 0. The van der Waals surface area contributed by atoms with Crippen LogP contribution in [0.15, 0.2) is 60.7 Å². The summed E-state index contributed by atoms with van der Waals surface area (Å²) in [4.78, 5) is 35.6. The largest absolute Gasteiger partial charge is 0.459 e. The van der Waals surface area contributed by atoms with Gasteiger partial charge in [0.25, 0.3) is 0 Å². The summed E-state index contributed by atoms with van der Waals surface area (Å²) in [6.45, 7) is 1.66. The number of hydrogen-bond donors (Lipinski definition) is 1. The molecule has 118 valence electrons. The van der Waals surface area contributed by atoms with Gasteiger partial charge in [0, 0.05) is 0 Å². The Morgan fingerprint density at radius 3 is 1.83 bits per heavy atom. The molecule has 0 atom stereocenters. The molecule has 0 saturated carbocycles. The van der Waals surface area contributed by atoms with Crippen molar-refractivity contribution in [1.29, 1.82) is 0 Å². The fourth-order valence-electron chi connectivity index (χ4n) is 2.22. The van der Waals surface area contributed by atoms with Crippen LogP contribution in [0.4, 0.5) is 0 Å². The highest BCUT2D eigenvalue weighted by Crippen LogP contribution is 2.24. The molecule has 1 N–H and O–H groups in total. The van der Waals surface area contributed by atoms with Gasteiger partial charge in [0.05, 0.1) is 12.5 Å². The molecule has 2 aromatic carbocycles. The van der Waals surface area contributed by atoms with E-state index in [4.69, 9.17) is 0 Å². The van der Waals surface area contributed by atoms with Gasteiger partial charge in [-0.3, -0.25) is 14.9 Å². The molecule has 0 unspecified atom stereocenters. The van der Waals surface area contributed by atoms with Crippen LogP contribution in [0.2, 0.25) is 0 Å². The first-order chi connectivity index (χ1) is 11.1. The Hall–Kier alpha value is -2.95. The minimum atomic E-state index is -1.07. The lowest BCUT2D eigenvalue weighted by molar-refractivity contribution is -0.155. The molecule has 0 spiro atoms. The number of esters is 1. The molecule has 2 rings (SSSR count). The van der Waals surface area contributed by atoms with E-state index in [-0.39, 0.29) is 6.61 Å². The van der Waals surface area contributed by atoms with Crippen LogP contribution < -0.4 is 5.32 Å². The quantitative estimate of drug-likeness (QED) is 0.692. The standard InChI is InChI=1S/C18H17NO4/c1-2-23-18(22)17(21)19-16(20)15(13-9-5-3-6-10-13)14-11-7-4-8-12-14/h3-12,15H,2H2,1H3,(H,19,20,21). The highest BCUT2D eigenvalue weighted by Gasteiger charge is 2.26. The Bertz CT molecular complexity index is 643. The first kappa shape index (κ1) is 16.4. The topological polar surface area (TPSA) is 72.5 Å². The minimum absolute atomic E-state index is 0.0707. The second-order valence-corrected chi connectivity index (χ2v) is 4.79. The lowest BCUT2D eigenvalue weighted by Gasteiger charge is -2.17. The predicted molar refractivity (Wildman–Crippen MR) is 84.5 cm³/mol. The van der Waals surface area contributed by atoms with Crippen LogP contribution in [0.25, 0.3) is 0 Å². The summed E-state index contributed by atoms with van der Waals surface area (Å²) < 4.78 is 4.59. The van der Waals surface area contributed by atoms with Crippen LogP contribution in [0.5, 0.6) is 0 Å². The summed E-state index contributed by atoms with van der Waals surface area (Å²) in [5.74, 6) is -3.38. The molecule has 0 aliphatic heterocycles. The molecule has 0 radical (unpaired) electrons. The van der Waals surface area contributed by atoms with Gasteiger partial charge in [0.1, 0.15) is 0 Å². The zero-order valence-corrected chi connectivity index (χ0v) is 12.7. The lowest BCUT2D eigenvalue weighted by atomic mass is 9.90.